The Morgan fingerprint density at radius 1 is 1.05 bits per heavy atom. The Kier molecular flexibility index (Phi) is 4.21. The Balaban J connectivity index is 1.65. The first-order valence-corrected chi connectivity index (χ1v) is 8.00. The van der Waals surface area contributed by atoms with Gasteiger partial charge in [-0.15, -0.1) is 0 Å². The molecule has 1 fully saturated rings. The maximum Gasteiger partial charge on any atom is 0.417 e. The van der Waals surface area contributed by atoms with Crippen LogP contribution >= 0.6 is 0 Å². The molecule has 0 aromatic heterocycles. The Morgan fingerprint density at radius 3 is 2.59 bits per heavy atom. The van der Waals surface area contributed by atoms with Gasteiger partial charge in [-0.25, -0.2) is 0 Å². The lowest BCUT2D eigenvalue weighted by Gasteiger charge is -2.29. The number of nitrogens with zero attached hydrogens (tertiary/aromatic N) is 1. The summed E-state index contributed by atoms with van der Waals surface area (Å²) in [5.41, 5.74) is 1.45. The Hall–Kier alpha value is -1.07. The van der Waals surface area contributed by atoms with Gasteiger partial charge in [-0.1, -0.05) is 18.2 Å². The van der Waals surface area contributed by atoms with Gasteiger partial charge >= 0.3 is 6.18 Å². The third-order valence-corrected chi connectivity index (χ3v) is 5.00. The van der Waals surface area contributed by atoms with Gasteiger partial charge < -0.3 is 5.11 Å². The van der Waals surface area contributed by atoms with Crippen molar-refractivity contribution >= 4 is 0 Å². The van der Waals surface area contributed by atoms with Gasteiger partial charge in [-0.3, -0.25) is 4.90 Å². The van der Waals surface area contributed by atoms with Gasteiger partial charge in [-0.05, 0) is 61.8 Å². The van der Waals surface area contributed by atoms with Crippen molar-refractivity contribution in [2.75, 3.05) is 13.1 Å². The number of aryl methyl sites for hydroxylation is 2. The summed E-state index contributed by atoms with van der Waals surface area (Å²) in [5.74, 6) is 0. The van der Waals surface area contributed by atoms with Crippen molar-refractivity contribution in [2.24, 2.45) is 0 Å². The van der Waals surface area contributed by atoms with Gasteiger partial charge in [0, 0.05) is 13.1 Å². The molecule has 1 saturated heterocycles. The molecule has 0 amide bonds. The number of alkyl halides is 3. The Morgan fingerprint density at radius 2 is 1.82 bits per heavy atom. The second-order valence-corrected chi connectivity index (χ2v) is 6.62. The molecule has 2 nitrogen and oxygen atoms in total. The zero-order chi connectivity index (χ0) is 15.8. The minimum atomic E-state index is -4.53. The van der Waals surface area contributed by atoms with Gasteiger partial charge in [0.15, 0.2) is 5.60 Å². The molecule has 0 bridgehead atoms. The van der Waals surface area contributed by atoms with Gasteiger partial charge in [0.2, 0.25) is 0 Å². The van der Waals surface area contributed by atoms with Crippen molar-refractivity contribution in [3.05, 3.63) is 34.9 Å². The van der Waals surface area contributed by atoms with E-state index >= 15 is 0 Å². The van der Waals surface area contributed by atoms with Crippen LogP contribution < -0.4 is 0 Å². The van der Waals surface area contributed by atoms with Crippen LogP contribution in [0.1, 0.15) is 42.4 Å². The minimum Gasteiger partial charge on any atom is -0.380 e. The Labute approximate surface area is 128 Å². The monoisotopic (exact) mass is 313 g/mol. The van der Waals surface area contributed by atoms with Crippen LogP contribution in [-0.2, 0) is 19.4 Å². The highest BCUT2D eigenvalue weighted by atomic mass is 19.4. The molecular weight excluding hydrogens is 291 g/mol. The molecule has 1 aliphatic heterocycles. The van der Waals surface area contributed by atoms with Crippen LogP contribution in [0.2, 0.25) is 0 Å². The van der Waals surface area contributed by atoms with E-state index < -0.39 is 11.8 Å². The van der Waals surface area contributed by atoms with E-state index in [1.54, 1.807) is 0 Å². The smallest absolute Gasteiger partial charge is 0.380 e. The fourth-order valence-electron chi connectivity index (χ4n) is 3.60. The molecule has 1 aromatic rings. The molecule has 0 saturated carbocycles. The predicted octanol–water partition coefficient (Wildman–Crippen LogP) is 3.45. The van der Waals surface area contributed by atoms with Crippen LogP contribution in [0, 0.1) is 0 Å². The summed E-state index contributed by atoms with van der Waals surface area (Å²) in [7, 11) is 0. The van der Waals surface area contributed by atoms with Crippen LogP contribution in [0.4, 0.5) is 13.2 Å². The van der Waals surface area contributed by atoms with Crippen LogP contribution in [-0.4, -0.2) is 34.9 Å². The third-order valence-electron chi connectivity index (χ3n) is 5.00. The highest BCUT2D eigenvalue weighted by Crippen LogP contribution is 2.38. The summed E-state index contributed by atoms with van der Waals surface area (Å²) < 4.78 is 38.8. The van der Waals surface area contributed by atoms with Crippen molar-refractivity contribution in [1.82, 2.24) is 4.90 Å². The van der Waals surface area contributed by atoms with Crippen molar-refractivity contribution in [1.29, 1.82) is 0 Å². The second-order valence-electron chi connectivity index (χ2n) is 6.62. The largest absolute Gasteiger partial charge is 0.417 e. The Bertz CT molecular complexity index is 543. The summed E-state index contributed by atoms with van der Waals surface area (Å²) in [6.07, 6.45) is -1.15. The molecule has 1 aliphatic carbocycles. The van der Waals surface area contributed by atoms with E-state index in [-0.39, 0.29) is 19.4 Å². The van der Waals surface area contributed by atoms with E-state index in [1.807, 2.05) is 4.90 Å². The van der Waals surface area contributed by atoms with Gasteiger partial charge in [0.25, 0.3) is 0 Å². The number of benzene rings is 1. The number of halogens is 3. The van der Waals surface area contributed by atoms with Gasteiger partial charge in [0.05, 0.1) is 0 Å². The lowest BCUT2D eigenvalue weighted by molar-refractivity contribution is -0.263. The molecule has 0 spiro atoms. The van der Waals surface area contributed by atoms with Gasteiger partial charge in [-0.2, -0.15) is 13.2 Å². The van der Waals surface area contributed by atoms with Crippen molar-refractivity contribution in [3.63, 3.8) is 0 Å². The lowest BCUT2D eigenvalue weighted by Crippen LogP contribution is -2.45. The summed E-state index contributed by atoms with van der Waals surface area (Å²) in [4.78, 5) is 2.03. The normalized spacial score (nSPS) is 26.7. The summed E-state index contributed by atoms with van der Waals surface area (Å²) in [6, 6.07) is 6.44. The van der Waals surface area contributed by atoms with Crippen LogP contribution in [0.3, 0.4) is 0 Å². The highest BCUT2D eigenvalue weighted by molar-refractivity contribution is 5.35. The molecule has 3 rings (SSSR count). The van der Waals surface area contributed by atoms with Crippen molar-refractivity contribution in [3.8, 4) is 0 Å². The van der Waals surface area contributed by atoms with E-state index in [9.17, 15) is 18.3 Å². The lowest BCUT2D eigenvalue weighted by atomic mass is 9.94. The van der Waals surface area contributed by atoms with E-state index in [0.29, 0.717) is 19.5 Å². The van der Waals surface area contributed by atoms with E-state index in [1.165, 1.54) is 17.5 Å². The molecule has 22 heavy (non-hydrogen) atoms. The van der Waals surface area contributed by atoms with Crippen LogP contribution in [0.25, 0.3) is 0 Å². The number of likely N-dealkylation sites (tertiary alicyclic amines) is 1. The number of fused-ring (bicyclic) bond motifs is 1. The first-order chi connectivity index (χ1) is 10.4. The van der Waals surface area contributed by atoms with Crippen molar-refractivity contribution in [2.45, 2.75) is 56.8 Å². The summed E-state index contributed by atoms with van der Waals surface area (Å²) in [6.45, 7) is 1.56. The molecule has 1 unspecified atom stereocenters. The topological polar surface area (TPSA) is 23.5 Å². The summed E-state index contributed by atoms with van der Waals surface area (Å²) in [5, 5.41) is 9.85. The maximum absolute atomic E-state index is 12.9. The summed E-state index contributed by atoms with van der Waals surface area (Å²) >= 11 is 0. The van der Waals surface area contributed by atoms with Crippen LogP contribution in [0.15, 0.2) is 18.2 Å². The number of hydrogen-bond acceptors (Lipinski definition) is 2. The maximum atomic E-state index is 12.9. The molecule has 2 aliphatic rings. The zero-order valence-corrected chi connectivity index (χ0v) is 12.6. The molecule has 1 heterocycles. The zero-order valence-electron chi connectivity index (χ0n) is 12.6. The van der Waals surface area contributed by atoms with Crippen molar-refractivity contribution < 1.29 is 18.3 Å². The van der Waals surface area contributed by atoms with E-state index in [0.717, 1.165) is 18.4 Å². The van der Waals surface area contributed by atoms with Crippen LogP contribution in [0.5, 0.6) is 0 Å². The molecule has 5 heteroatoms. The quantitative estimate of drug-likeness (QED) is 0.904. The highest BCUT2D eigenvalue weighted by Gasteiger charge is 2.53. The molecule has 1 N–H and O–H groups in total. The standard InChI is InChI=1S/C17H22F3NO/c18-17(19,20)16(22)7-2-9-21(10-8-16)12-13-5-6-14-3-1-4-15(14)11-13/h5-6,11,22H,1-4,7-10,12H2. The molecular formula is C17H22F3NO. The number of aliphatic hydroxyl groups is 1. The number of hydrogen-bond donors (Lipinski definition) is 1. The molecule has 1 atom stereocenters. The average Bonchev–Trinajstić information content (AvgIpc) is 2.82. The predicted molar refractivity (Wildman–Crippen MR) is 78.6 cm³/mol. The average molecular weight is 313 g/mol. The van der Waals surface area contributed by atoms with E-state index in [2.05, 4.69) is 18.2 Å². The third kappa shape index (κ3) is 3.15. The van der Waals surface area contributed by atoms with E-state index in [4.69, 9.17) is 0 Å². The fraction of sp³-hybridized carbons (Fsp3) is 0.647. The first-order valence-electron chi connectivity index (χ1n) is 8.00. The fourth-order valence-corrected chi connectivity index (χ4v) is 3.60. The molecule has 0 radical (unpaired) electrons. The SMILES string of the molecule is OC1(C(F)(F)F)CCCN(Cc2ccc3c(c2)CCC3)CC1. The minimum absolute atomic E-state index is 0.197. The molecule has 122 valence electrons. The first kappa shape index (κ1) is 15.8. The second kappa shape index (κ2) is 5.85. The molecule has 1 aromatic carbocycles. The van der Waals surface area contributed by atoms with Gasteiger partial charge in [0.1, 0.15) is 0 Å². The number of rotatable bonds is 2.